The lowest BCUT2D eigenvalue weighted by atomic mass is 10.0. The van der Waals surface area contributed by atoms with Gasteiger partial charge in [0.25, 0.3) is 5.56 Å². The van der Waals surface area contributed by atoms with Crippen LogP contribution in [0.25, 0.3) is 5.78 Å². The molecule has 2 aromatic heterocycles. The predicted octanol–water partition coefficient (Wildman–Crippen LogP) is 5.07. The number of hydrogen-bond acceptors (Lipinski definition) is 7. The van der Waals surface area contributed by atoms with Gasteiger partial charge in [0.15, 0.2) is 0 Å². The summed E-state index contributed by atoms with van der Waals surface area (Å²) in [4.78, 5) is 47.7. The summed E-state index contributed by atoms with van der Waals surface area (Å²) in [6.45, 7) is 8.56. The van der Waals surface area contributed by atoms with Crippen molar-refractivity contribution in [2.24, 2.45) is 0 Å². The van der Waals surface area contributed by atoms with Gasteiger partial charge in [-0.1, -0.05) is 18.5 Å². The Bertz CT molecular complexity index is 1630. The second-order valence-corrected chi connectivity index (χ2v) is 12.4. The minimum atomic E-state index is -4.58. The highest BCUT2D eigenvalue weighted by molar-refractivity contribution is 9.10. The van der Waals surface area contributed by atoms with E-state index in [1.54, 1.807) is 30.2 Å². The minimum absolute atomic E-state index is 0.0222. The zero-order valence-electron chi connectivity index (χ0n) is 23.1. The lowest BCUT2D eigenvalue weighted by Gasteiger charge is -2.37. The quantitative estimate of drug-likeness (QED) is 0.413. The van der Waals surface area contributed by atoms with Crippen LogP contribution in [0.5, 0.6) is 0 Å². The Kier molecular flexibility index (Phi) is 7.71. The van der Waals surface area contributed by atoms with E-state index in [-0.39, 0.29) is 27.1 Å². The highest BCUT2D eigenvalue weighted by Crippen LogP contribution is 2.42. The third-order valence-corrected chi connectivity index (χ3v) is 7.79. The molecule has 42 heavy (non-hydrogen) atoms. The minimum Gasteiger partial charge on any atom is -0.444 e. The van der Waals surface area contributed by atoms with Crippen LogP contribution in [-0.4, -0.2) is 67.8 Å². The number of piperazine rings is 1. The van der Waals surface area contributed by atoms with E-state index in [9.17, 15) is 27.6 Å². The Morgan fingerprint density at radius 1 is 1.14 bits per heavy atom. The molecule has 5 rings (SSSR count). The largest absolute Gasteiger partial charge is 0.444 e. The molecule has 16 heteroatoms. The zero-order valence-corrected chi connectivity index (χ0v) is 25.5. The summed E-state index contributed by atoms with van der Waals surface area (Å²) in [5.74, 6) is -0.662. The summed E-state index contributed by atoms with van der Waals surface area (Å²) in [7, 11) is 0. The van der Waals surface area contributed by atoms with Crippen LogP contribution in [0.3, 0.4) is 0 Å². The smallest absolute Gasteiger partial charge is 0.416 e. The van der Waals surface area contributed by atoms with E-state index in [1.807, 2.05) is 11.8 Å². The van der Waals surface area contributed by atoms with Crippen molar-refractivity contribution in [1.29, 1.82) is 0 Å². The van der Waals surface area contributed by atoms with Crippen LogP contribution in [-0.2, 0) is 15.7 Å². The van der Waals surface area contributed by atoms with Gasteiger partial charge in [0.1, 0.15) is 17.3 Å². The fourth-order valence-corrected chi connectivity index (χ4v) is 5.85. The number of nitrogens with zero attached hydrogens (tertiary/aromatic N) is 6. The Balaban J connectivity index is 1.48. The van der Waals surface area contributed by atoms with Crippen molar-refractivity contribution < 1.29 is 27.5 Å². The summed E-state index contributed by atoms with van der Waals surface area (Å²) >= 11 is 9.31. The average molecular weight is 675 g/mol. The van der Waals surface area contributed by atoms with Crippen LogP contribution in [0.15, 0.2) is 27.7 Å². The van der Waals surface area contributed by atoms with Crippen molar-refractivity contribution in [3.05, 3.63) is 49.6 Å². The van der Waals surface area contributed by atoms with E-state index in [0.717, 1.165) is 22.7 Å². The first-order valence-electron chi connectivity index (χ1n) is 13.2. The van der Waals surface area contributed by atoms with Crippen molar-refractivity contribution in [3.8, 4) is 0 Å². The van der Waals surface area contributed by atoms with E-state index >= 15 is 0 Å². The van der Waals surface area contributed by atoms with Crippen molar-refractivity contribution in [2.75, 3.05) is 36.4 Å². The molecule has 2 amide bonds. The fourth-order valence-electron chi connectivity index (χ4n) is 5.30. The Morgan fingerprint density at radius 2 is 1.81 bits per heavy atom. The first-order valence-corrected chi connectivity index (χ1v) is 14.3. The number of alkyl halides is 3. The molecule has 2 atom stereocenters. The number of fused-ring (bicyclic) bond motifs is 3. The second kappa shape index (κ2) is 10.7. The molecule has 1 N–H and O–H groups in total. The van der Waals surface area contributed by atoms with Gasteiger partial charge < -0.3 is 19.9 Å². The summed E-state index contributed by atoms with van der Waals surface area (Å²) in [6, 6.07) is 1.83. The fraction of sp³-hybridized carbons (Fsp3) is 0.500. The molecule has 2 aliphatic heterocycles. The Labute approximate surface area is 251 Å². The van der Waals surface area contributed by atoms with Crippen molar-refractivity contribution >= 4 is 56.7 Å². The number of carbonyl (C=O) groups is 2. The number of halogens is 5. The molecule has 11 nitrogen and oxygen atoms in total. The number of aromatic nitrogens is 4. The zero-order chi connectivity index (χ0) is 30.7. The number of benzene rings is 1. The molecule has 0 bridgehead atoms. The van der Waals surface area contributed by atoms with Crippen LogP contribution in [0.2, 0.25) is 5.02 Å². The van der Waals surface area contributed by atoms with E-state index in [4.69, 9.17) is 16.3 Å². The van der Waals surface area contributed by atoms with Gasteiger partial charge in [-0.3, -0.25) is 14.2 Å². The second-order valence-electron chi connectivity index (χ2n) is 11.3. The van der Waals surface area contributed by atoms with Gasteiger partial charge >= 0.3 is 12.3 Å². The van der Waals surface area contributed by atoms with Crippen LogP contribution in [0.4, 0.5) is 29.3 Å². The third-order valence-electron chi connectivity index (χ3n) is 7.14. The van der Waals surface area contributed by atoms with Gasteiger partial charge in [0, 0.05) is 32.1 Å². The molecule has 1 aromatic carbocycles. The van der Waals surface area contributed by atoms with Crippen molar-refractivity contribution in [1.82, 2.24) is 24.1 Å². The number of rotatable bonds is 3. The Hall–Kier alpha value is -3.33. The van der Waals surface area contributed by atoms with Crippen LogP contribution in [0, 0.1) is 0 Å². The SMILES string of the molecule is C[C@@H]1C[C@H](C(=O)Nc2ccc(C(F)(F)F)cc2Cl)n2c1c(N1CCN(C(=O)OC(C)(C)C)CC1)c(=O)n1nc(Br)nc21. The first-order chi connectivity index (χ1) is 19.5. The number of hydrogen-bond donors (Lipinski definition) is 1. The van der Waals surface area contributed by atoms with E-state index in [2.05, 4.69) is 31.3 Å². The molecule has 3 aromatic rings. The number of ether oxygens (including phenoxy) is 1. The molecule has 2 aliphatic rings. The molecule has 4 heterocycles. The van der Waals surface area contributed by atoms with Crippen LogP contribution in [0.1, 0.15) is 57.3 Å². The summed E-state index contributed by atoms with van der Waals surface area (Å²) in [6.07, 6.45) is -4.73. The van der Waals surface area contributed by atoms with E-state index in [0.29, 0.717) is 44.0 Å². The van der Waals surface area contributed by atoms with Crippen LogP contribution < -0.4 is 15.8 Å². The van der Waals surface area contributed by atoms with Gasteiger partial charge in [0.2, 0.25) is 16.4 Å². The molecule has 0 spiro atoms. The monoisotopic (exact) mass is 673 g/mol. The lowest BCUT2D eigenvalue weighted by Crippen LogP contribution is -2.51. The lowest BCUT2D eigenvalue weighted by molar-refractivity contribution is -0.137. The standard InChI is InChI=1S/C26H28BrClF3N7O4/c1-13-11-17(20(39)32-16-6-5-14(12-15(16)28)26(29,30)31)37-18(13)19(21(40)38-23(37)33-22(27)34-38)35-7-9-36(10-8-35)24(41)42-25(2,3)4/h5-6,12-13,17H,7-11H2,1-4H3,(H,32,39)/t13-,17-/m1/s1. The van der Waals surface area contributed by atoms with E-state index in [1.165, 1.54) is 0 Å². The maximum atomic E-state index is 13.7. The predicted molar refractivity (Wildman–Crippen MR) is 152 cm³/mol. The average Bonchev–Trinajstić information content (AvgIpc) is 3.44. The molecule has 0 unspecified atom stereocenters. The molecule has 226 valence electrons. The topological polar surface area (TPSA) is 114 Å². The normalized spacial score (nSPS) is 19.3. The van der Waals surface area contributed by atoms with Crippen molar-refractivity contribution in [2.45, 2.75) is 57.9 Å². The van der Waals surface area contributed by atoms with Gasteiger partial charge in [0.05, 0.1) is 22.0 Å². The molecular weight excluding hydrogens is 647 g/mol. The van der Waals surface area contributed by atoms with Gasteiger partial charge in [-0.15, -0.1) is 5.10 Å². The summed E-state index contributed by atoms with van der Waals surface area (Å²) in [5, 5.41) is 6.57. The number of amides is 2. The van der Waals surface area contributed by atoms with Crippen LogP contribution >= 0.6 is 27.5 Å². The maximum absolute atomic E-state index is 13.7. The number of carbonyl (C=O) groups excluding carboxylic acids is 2. The van der Waals surface area contributed by atoms with Gasteiger partial charge in [-0.05, 0) is 61.3 Å². The highest BCUT2D eigenvalue weighted by Gasteiger charge is 2.41. The summed E-state index contributed by atoms with van der Waals surface area (Å²) < 4.78 is 47.7. The Morgan fingerprint density at radius 3 is 2.40 bits per heavy atom. The molecular formula is C26H28BrClF3N7O4. The van der Waals surface area contributed by atoms with E-state index < -0.39 is 40.9 Å². The number of nitrogens with one attached hydrogen (secondary N) is 1. The third kappa shape index (κ3) is 5.68. The maximum Gasteiger partial charge on any atom is 0.416 e. The highest BCUT2D eigenvalue weighted by atomic mass is 79.9. The molecule has 0 saturated carbocycles. The van der Waals surface area contributed by atoms with Crippen molar-refractivity contribution in [3.63, 3.8) is 0 Å². The van der Waals surface area contributed by atoms with Gasteiger partial charge in [-0.25, -0.2) is 4.79 Å². The van der Waals surface area contributed by atoms with Gasteiger partial charge in [-0.2, -0.15) is 22.7 Å². The summed E-state index contributed by atoms with van der Waals surface area (Å²) in [5.41, 5.74) is -1.05. The first kappa shape index (κ1) is 30.1. The number of anilines is 2. The molecule has 0 radical (unpaired) electrons. The molecule has 1 fully saturated rings. The molecule has 0 aliphatic carbocycles. The molecule has 1 saturated heterocycles.